The molecule has 0 aliphatic carbocycles. The van der Waals surface area contributed by atoms with Crippen LogP contribution in [0.2, 0.25) is 0 Å². The Morgan fingerprint density at radius 1 is 1.00 bits per heavy atom. The van der Waals surface area contributed by atoms with Gasteiger partial charge in [0.05, 0.1) is 0 Å². The largest absolute Gasteiger partial charge is 0 e. The van der Waals surface area contributed by atoms with Gasteiger partial charge in [-0.25, -0.2) is 0 Å². The fourth-order valence-corrected chi connectivity index (χ4v) is 0. The van der Waals surface area contributed by atoms with E-state index in [1.54, 1.807) is 0 Å². The van der Waals surface area contributed by atoms with E-state index in [2.05, 4.69) is 0 Å². The molecule has 0 amide bonds. The number of hydrogen-bond acceptors (Lipinski definition) is 0. The van der Waals surface area contributed by atoms with Crippen LogP contribution in [0.1, 0.15) is 0 Å². The second-order valence-corrected chi connectivity index (χ2v) is 0. The van der Waals surface area contributed by atoms with E-state index in [1.165, 1.54) is 0 Å². The van der Waals surface area contributed by atoms with Crippen LogP contribution in [0, 0.1) is 0 Å². The van der Waals surface area contributed by atoms with Gasteiger partial charge in [-0.3, -0.25) is 0 Å². The molecule has 30 valence electrons. The van der Waals surface area contributed by atoms with Crippen LogP contribution < -0.4 is 0 Å². The summed E-state index contributed by atoms with van der Waals surface area (Å²) in [4.78, 5) is 0. The molecular weight excluding hydrogens is 283 g/mol. The zero-order valence-electron chi connectivity index (χ0n) is 2.27. The molecule has 0 aliphatic heterocycles. The summed E-state index contributed by atoms with van der Waals surface area (Å²) < 4.78 is 0. The maximum absolute atomic E-state index is 0. The van der Waals surface area contributed by atoms with Crippen LogP contribution in [0.25, 0.3) is 0 Å². The van der Waals surface area contributed by atoms with E-state index < -0.39 is 0 Å². The molecule has 0 N–H and O–H groups in total. The van der Waals surface area contributed by atoms with Gasteiger partial charge in [-0.05, 0) is 0 Å². The Bertz CT molecular complexity index is 11.6. The van der Waals surface area contributed by atoms with Crippen molar-refractivity contribution >= 4 is 0 Å². The van der Waals surface area contributed by atoms with Gasteiger partial charge < -0.3 is 0 Å². The van der Waals surface area contributed by atoms with Crippen molar-refractivity contribution in [1.82, 2.24) is 0 Å². The van der Waals surface area contributed by atoms with E-state index >= 15 is 0 Å². The Morgan fingerprint density at radius 3 is 1.00 bits per heavy atom. The molecule has 0 heterocycles. The second kappa shape index (κ2) is 28.7. The van der Waals surface area contributed by atoms with E-state index in [0.29, 0.717) is 0 Å². The van der Waals surface area contributed by atoms with Crippen LogP contribution in [-0.4, -0.2) is 0 Å². The number of hydrogen-bond donors (Lipinski definition) is 0. The fraction of sp³-hybridized carbons (Fsp3) is 0. The van der Waals surface area contributed by atoms with E-state index in [1.807, 2.05) is 0 Å². The van der Waals surface area contributed by atoms with Crippen molar-refractivity contribution < 1.29 is 92.1 Å². The first-order valence-electron chi connectivity index (χ1n) is 0. The summed E-state index contributed by atoms with van der Waals surface area (Å²) in [5, 5.41) is 0. The Morgan fingerprint density at radius 2 is 1.00 bits per heavy atom. The molecule has 0 bridgehead atoms. The molecule has 0 atom stereocenters. The SMILES string of the molecule is [Co].[Fe].[Mn].[Ti].[Zn]. The van der Waals surface area contributed by atoms with Gasteiger partial charge in [0.2, 0.25) is 0 Å². The van der Waals surface area contributed by atoms with Gasteiger partial charge >= 0.3 is 0 Å². The van der Waals surface area contributed by atoms with Crippen LogP contribution in [0.5, 0.6) is 0 Å². The molecule has 0 nitrogen and oxygen atoms in total. The minimum Gasteiger partial charge on any atom is 0 e. The van der Waals surface area contributed by atoms with Gasteiger partial charge in [-0.2, -0.15) is 0 Å². The van der Waals surface area contributed by atoms with Crippen molar-refractivity contribution in [1.29, 1.82) is 0 Å². The third kappa shape index (κ3) is 19.7. The van der Waals surface area contributed by atoms with Crippen molar-refractivity contribution in [2.45, 2.75) is 0 Å². The summed E-state index contributed by atoms with van der Waals surface area (Å²) in [6, 6.07) is 0. The second-order valence-electron chi connectivity index (χ2n) is 0. The van der Waals surface area contributed by atoms with Crippen molar-refractivity contribution in [3.05, 3.63) is 0 Å². The van der Waals surface area contributed by atoms with Gasteiger partial charge in [0.15, 0.2) is 0 Å². The molecule has 0 aromatic heterocycles. The summed E-state index contributed by atoms with van der Waals surface area (Å²) in [5.41, 5.74) is 0. The van der Waals surface area contributed by atoms with Crippen molar-refractivity contribution in [2.24, 2.45) is 0 Å². The van der Waals surface area contributed by atoms with Crippen LogP contribution in [-0.2, 0) is 92.1 Å². The topological polar surface area (TPSA) is 0 Å². The van der Waals surface area contributed by atoms with Gasteiger partial charge in [-0.15, -0.1) is 0 Å². The molecule has 0 aromatic rings. The molecule has 5 heavy (non-hydrogen) atoms. The van der Waals surface area contributed by atoms with Gasteiger partial charge in [0.25, 0.3) is 0 Å². The van der Waals surface area contributed by atoms with Crippen LogP contribution in [0.4, 0.5) is 0 Å². The standard InChI is InChI=1S/Co.Fe.Mn.Ti.Zn. The predicted octanol–water partition coefficient (Wildman–Crippen LogP) is -0.0125. The van der Waals surface area contributed by atoms with E-state index in [0.717, 1.165) is 0 Å². The first-order valence-corrected chi connectivity index (χ1v) is 0. The average Bonchev–Trinajstić information content (AvgIpc) is 0. The molecule has 0 fully saturated rings. The normalized spacial score (nSPS) is 0. The van der Waals surface area contributed by atoms with Crippen LogP contribution in [0.15, 0.2) is 0 Å². The molecule has 2 radical (unpaired) electrons. The molecule has 0 aromatic carbocycles. The van der Waals surface area contributed by atoms with E-state index in [9.17, 15) is 0 Å². The fourth-order valence-electron chi connectivity index (χ4n) is 0. The maximum Gasteiger partial charge on any atom is 0 e. The van der Waals surface area contributed by atoms with Gasteiger partial charge in [-0.1, -0.05) is 0 Å². The Hall–Kier alpha value is 2.88. The van der Waals surface area contributed by atoms with E-state index in [4.69, 9.17) is 0 Å². The Balaban J connectivity index is 0. The molecule has 0 saturated heterocycles. The zero-order valence-corrected chi connectivity index (χ0v) is 10.1. The van der Waals surface area contributed by atoms with Crippen molar-refractivity contribution in [3.8, 4) is 0 Å². The molecule has 0 unspecified atom stereocenters. The predicted molar refractivity (Wildman–Crippen MR) is 0 cm³/mol. The molecule has 0 aliphatic rings. The summed E-state index contributed by atoms with van der Waals surface area (Å²) in [6.07, 6.45) is 0. The third-order valence-corrected chi connectivity index (χ3v) is 0. The maximum atomic E-state index is 0. The number of rotatable bonds is 0. The molecule has 0 saturated carbocycles. The van der Waals surface area contributed by atoms with Gasteiger partial charge in [0.1, 0.15) is 0 Å². The summed E-state index contributed by atoms with van der Waals surface area (Å²) >= 11 is 0. The smallest absolute Gasteiger partial charge is 0 e. The summed E-state index contributed by atoms with van der Waals surface area (Å²) in [6.45, 7) is 0. The molecule has 5 heteroatoms. The summed E-state index contributed by atoms with van der Waals surface area (Å²) in [5.74, 6) is 0. The van der Waals surface area contributed by atoms with E-state index in [-0.39, 0.29) is 92.1 Å². The van der Waals surface area contributed by atoms with Gasteiger partial charge in [0, 0.05) is 92.1 Å². The first kappa shape index (κ1) is 44.9. The summed E-state index contributed by atoms with van der Waals surface area (Å²) in [7, 11) is 0. The molecular formula is CoFeMnTiZn. The Kier molecular flexibility index (Phi) is 258. The zero-order chi connectivity index (χ0) is 0. The third-order valence-electron chi connectivity index (χ3n) is 0. The van der Waals surface area contributed by atoms with Crippen LogP contribution in [0.3, 0.4) is 0 Å². The Labute approximate surface area is 90.8 Å². The average molecular weight is 283 g/mol. The molecule has 0 spiro atoms. The molecule has 0 rings (SSSR count). The first-order chi connectivity index (χ1) is 0. The monoisotopic (exact) mass is 282 g/mol. The van der Waals surface area contributed by atoms with Crippen molar-refractivity contribution in [3.63, 3.8) is 0 Å². The minimum absolute atomic E-state index is 0. The quantitative estimate of drug-likeness (QED) is 0.548. The van der Waals surface area contributed by atoms with Crippen molar-refractivity contribution in [2.75, 3.05) is 0 Å². The minimum atomic E-state index is 0. The van der Waals surface area contributed by atoms with Crippen LogP contribution >= 0.6 is 0 Å².